The average molecular weight is 465 g/mol. The highest BCUT2D eigenvalue weighted by Gasteiger charge is 2.36. The molecule has 0 fully saturated rings. The maximum atomic E-state index is 13.7. The van der Waals surface area contributed by atoms with E-state index in [9.17, 15) is 18.0 Å². The van der Waals surface area contributed by atoms with Crippen LogP contribution in [0.2, 0.25) is 0 Å². The van der Waals surface area contributed by atoms with Crippen LogP contribution < -0.4 is 9.47 Å². The lowest BCUT2D eigenvalue weighted by molar-refractivity contribution is -0.137. The Labute approximate surface area is 188 Å². The van der Waals surface area contributed by atoms with Gasteiger partial charge in [-0.1, -0.05) is 18.2 Å². The Morgan fingerprint density at radius 1 is 1.06 bits per heavy atom. The first-order chi connectivity index (χ1) is 15.1. The van der Waals surface area contributed by atoms with Crippen molar-refractivity contribution in [2.45, 2.75) is 39.5 Å². The van der Waals surface area contributed by atoms with Crippen molar-refractivity contribution < 1.29 is 32.5 Å². The Morgan fingerprint density at radius 3 is 2.34 bits per heavy atom. The van der Waals surface area contributed by atoms with E-state index in [2.05, 4.69) is 0 Å². The molecule has 0 aliphatic rings. The fourth-order valence-electron chi connectivity index (χ4n) is 3.45. The van der Waals surface area contributed by atoms with Crippen molar-refractivity contribution in [2.75, 3.05) is 7.11 Å². The number of hydrogen-bond acceptors (Lipinski definition) is 4. The summed E-state index contributed by atoms with van der Waals surface area (Å²) in [5, 5.41) is 10.4. The van der Waals surface area contributed by atoms with Gasteiger partial charge < -0.3 is 14.6 Å². The molecule has 4 nitrogen and oxygen atoms in total. The summed E-state index contributed by atoms with van der Waals surface area (Å²) in [6.07, 6.45) is -4.10. The molecule has 170 valence electrons. The molecule has 2 aromatic carbocycles. The summed E-state index contributed by atoms with van der Waals surface area (Å²) in [4.78, 5) is 10.2. The zero-order chi connectivity index (χ0) is 23.5. The first-order valence-electron chi connectivity index (χ1n) is 9.87. The number of aryl methyl sites for hydroxylation is 1. The number of alkyl halides is 3. The summed E-state index contributed by atoms with van der Waals surface area (Å²) >= 11 is 0.650. The summed E-state index contributed by atoms with van der Waals surface area (Å²) in [5.41, 5.74) is 3.73. The van der Waals surface area contributed by atoms with Crippen LogP contribution in [0.15, 0.2) is 41.8 Å². The highest BCUT2D eigenvalue weighted by atomic mass is 32.1. The molecule has 1 N–H and O–H groups in total. The lowest BCUT2D eigenvalue weighted by Crippen LogP contribution is -2.09. The van der Waals surface area contributed by atoms with Gasteiger partial charge in [-0.3, -0.25) is 4.79 Å². The number of carbonyl (C=O) groups is 1. The molecular weight excluding hydrogens is 441 g/mol. The number of thiophene rings is 1. The van der Waals surface area contributed by atoms with Gasteiger partial charge in [-0.25, -0.2) is 0 Å². The van der Waals surface area contributed by atoms with Gasteiger partial charge in [-0.05, 0) is 71.7 Å². The van der Waals surface area contributed by atoms with E-state index in [-0.39, 0.29) is 18.6 Å². The number of carboxylic acids is 1. The monoisotopic (exact) mass is 464 g/mol. The smallest absolute Gasteiger partial charge is 0.426 e. The second-order valence-corrected chi connectivity index (χ2v) is 8.22. The van der Waals surface area contributed by atoms with Gasteiger partial charge in [0.1, 0.15) is 23.0 Å². The Kier molecular flexibility index (Phi) is 7.13. The fraction of sp³-hybridized carbons (Fsp3) is 0.292. The van der Waals surface area contributed by atoms with Crippen molar-refractivity contribution in [3.8, 4) is 22.6 Å². The number of benzene rings is 2. The van der Waals surface area contributed by atoms with E-state index in [4.69, 9.17) is 14.6 Å². The van der Waals surface area contributed by atoms with Crippen LogP contribution in [0.3, 0.4) is 0 Å². The fourth-order valence-corrected chi connectivity index (χ4v) is 4.41. The quantitative estimate of drug-likeness (QED) is 0.405. The third-order valence-electron chi connectivity index (χ3n) is 5.38. The molecule has 0 radical (unpaired) electrons. The molecule has 0 aliphatic heterocycles. The maximum absolute atomic E-state index is 13.7. The minimum Gasteiger partial charge on any atom is -0.497 e. The molecule has 1 heterocycles. The minimum atomic E-state index is -4.49. The van der Waals surface area contributed by atoms with Gasteiger partial charge in [0, 0.05) is 12.0 Å². The van der Waals surface area contributed by atoms with E-state index in [0.717, 1.165) is 16.7 Å². The highest BCUT2D eigenvalue weighted by molar-refractivity contribution is 7.10. The molecule has 3 rings (SSSR count). The van der Waals surface area contributed by atoms with Crippen molar-refractivity contribution >= 4 is 17.3 Å². The van der Waals surface area contributed by atoms with Gasteiger partial charge in [0.2, 0.25) is 0 Å². The largest absolute Gasteiger partial charge is 0.497 e. The van der Waals surface area contributed by atoms with Gasteiger partial charge in [-0.2, -0.15) is 13.2 Å². The normalized spacial score (nSPS) is 11.4. The summed E-state index contributed by atoms with van der Waals surface area (Å²) in [5.74, 6) is 0.207. The summed E-state index contributed by atoms with van der Waals surface area (Å²) < 4.78 is 51.9. The van der Waals surface area contributed by atoms with E-state index >= 15 is 0 Å². The Hall–Kier alpha value is -3.00. The third-order valence-corrected chi connectivity index (χ3v) is 6.45. The van der Waals surface area contributed by atoms with Crippen LogP contribution in [-0.4, -0.2) is 18.2 Å². The molecule has 0 saturated carbocycles. The summed E-state index contributed by atoms with van der Waals surface area (Å²) in [7, 11) is 1.53. The summed E-state index contributed by atoms with van der Waals surface area (Å²) in [6.45, 7) is 3.43. The lowest BCUT2D eigenvalue weighted by Gasteiger charge is -2.16. The SMILES string of the molecule is COc1ccc(-c2csc(C(F)(F)F)c2COc2ccc(CCC(=O)O)c(C)c2C)cc1. The van der Waals surface area contributed by atoms with Crippen molar-refractivity contribution in [1.29, 1.82) is 0 Å². The van der Waals surface area contributed by atoms with Crippen LogP contribution >= 0.6 is 11.3 Å². The number of hydrogen-bond donors (Lipinski definition) is 1. The predicted molar refractivity (Wildman–Crippen MR) is 118 cm³/mol. The number of methoxy groups -OCH3 is 1. The molecule has 0 spiro atoms. The first-order valence-corrected chi connectivity index (χ1v) is 10.8. The molecule has 0 atom stereocenters. The number of carboxylic acid groups (broad SMARTS) is 1. The molecule has 0 saturated heterocycles. The molecule has 0 unspecified atom stereocenters. The topological polar surface area (TPSA) is 55.8 Å². The second-order valence-electron chi connectivity index (χ2n) is 7.34. The molecule has 0 aliphatic carbocycles. The molecular formula is C24H23F3O4S. The highest BCUT2D eigenvalue weighted by Crippen LogP contribution is 2.42. The molecule has 3 aromatic rings. The summed E-state index contributed by atoms with van der Waals surface area (Å²) in [6, 6.07) is 10.3. The van der Waals surface area contributed by atoms with Crippen LogP contribution in [0, 0.1) is 13.8 Å². The lowest BCUT2D eigenvalue weighted by atomic mass is 9.98. The van der Waals surface area contributed by atoms with Crippen molar-refractivity contribution in [3.63, 3.8) is 0 Å². The number of rotatable bonds is 8. The van der Waals surface area contributed by atoms with Crippen LogP contribution in [0.1, 0.15) is 33.6 Å². The zero-order valence-electron chi connectivity index (χ0n) is 17.9. The van der Waals surface area contributed by atoms with Crippen LogP contribution in [-0.2, 0) is 24.0 Å². The standard InChI is InChI=1S/C24H23F3O4S/c1-14-15(2)21(10-6-16(14)7-11-22(28)29)31-12-19-20(13-32-23(19)24(25,26)27)17-4-8-18(30-3)9-5-17/h4-6,8-10,13H,7,11-12H2,1-3H3,(H,28,29). The minimum absolute atomic E-state index is 0.00948. The predicted octanol–water partition coefficient (Wildman–Crippen LogP) is 6.66. The number of ether oxygens (including phenoxy) is 2. The third kappa shape index (κ3) is 5.24. The Bertz CT molecular complexity index is 1100. The van der Waals surface area contributed by atoms with Gasteiger partial charge in [-0.15, -0.1) is 11.3 Å². The van der Waals surface area contributed by atoms with E-state index in [1.54, 1.807) is 36.4 Å². The second kappa shape index (κ2) is 9.65. The van der Waals surface area contributed by atoms with Crippen molar-refractivity contribution in [1.82, 2.24) is 0 Å². The average Bonchev–Trinajstić information content (AvgIpc) is 3.18. The van der Waals surface area contributed by atoms with Gasteiger partial charge in [0.05, 0.1) is 7.11 Å². The molecule has 32 heavy (non-hydrogen) atoms. The molecule has 0 amide bonds. The molecule has 0 bridgehead atoms. The van der Waals surface area contributed by atoms with E-state index in [1.165, 1.54) is 12.5 Å². The van der Waals surface area contributed by atoms with Crippen molar-refractivity contribution in [2.24, 2.45) is 0 Å². The van der Waals surface area contributed by atoms with Gasteiger partial charge in [0.25, 0.3) is 0 Å². The molecule has 8 heteroatoms. The Morgan fingerprint density at radius 2 is 1.75 bits per heavy atom. The molecule has 1 aromatic heterocycles. The zero-order valence-corrected chi connectivity index (χ0v) is 18.7. The van der Waals surface area contributed by atoms with Gasteiger partial charge >= 0.3 is 12.1 Å². The van der Waals surface area contributed by atoms with E-state index < -0.39 is 17.0 Å². The van der Waals surface area contributed by atoms with Crippen LogP contribution in [0.5, 0.6) is 11.5 Å². The number of aliphatic carboxylic acids is 1. The Balaban J connectivity index is 1.90. The van der Waals surface area contributed by atoms with E-state index in [1.807, 2.05) is 13.8 Å². The van der Waals surface area contributed by atoms with Crippen LogP contribution in [0.25, 0.3) is 11.1 Å². The first kappa shape index (κ1) is 23.7. The number of halogens is 3. The van der Waals surface area contributed by atoms with Crippen molar-refractivity contribution in [3.05, 3.63) is 68.9 Å². The van der Waals surface area contributed by atoms with Crippen LogP contribution in [0.4, 0.5) is 13.2 Å². The van der Waals surface area contributed by atoms with Gasteiger partial charge in [0.15, 0.2) is 0 Å². The maximum Gasteiger partial charge on any atom is 0.426 e. The van der Waals surface area contributed by atoms with E-state index in [0.29, 0.717) is 40.4 Å².